The molecule has 1 atom stereocenters. The Bertz CT molecular complexity index is 854. The van der Waals surface area contributed by atoms with Crippen LogP contribution >= 0.6 is 0 Å². The number of nitrogens with zero attached hydrogens (tertiary/aromatic N) is 1. The minimum Gasteiger partial charge on any atom is -0.488 e. The molecule has 0 aliphatic heterocycles. The Morgan fingerprint density at radius 3 is 2.48 bits per heavy atom. The highest BCUT2D eigenvalue weighted by atomic mass is 32.2. The van der Waals surface area contributed by atoms with Gasteiger partial charge in [-0.15, -0.1) is 0 Å². The average Bonchev–Trinajstić information content (AvgIpc) is 2.62. The summed E-state index contributed by atoms with van der Waals surface area (Å²) in [5, 5.41) is 2.75. The third-order valence-corrected chi connectivity index (χ3v) is 5.71. The second-order valence-corrected chi connectivity index (χ2v) is 8.56. The molecule has 146 valence electrons. The van der Waals surface area contributed by atoms with Crippen LogP contribution in [0.25, 0.3) is 0 Å². The Kier molecular flexibility index (Phi) is 7.35. The maximum absolute atomic E-state index is 12.2. The van der Waals surface area contributed by atoms with Gasteiger partial charge in [-0.2, -0.15) is 0 Å². The largest absolute Gasteiger partial charge is 0.488 e. The molecule has 1 amide bonds. The molecule has 0 aromatic heterocycles. The van der Waals surface area contributed by atoms with Crippen LogP contribution in [0.4, 0.5) is 5.69 Å². The monoisotopic (exact) mass is 392 g/mol. The summed E-state index contributed by atoms with van der Waals surface area (Å²) >= 11 is 0. The van der Waals surface area contributed by atoms with Gasteiger partial charge in [-0.05, 0) is 30.3 Å². The van der Waals surface area contributed by atoms with Crippen molar-refractivity contribution in [1.82, 2.24) is 4.31 Å². The highest BCUT2D eigenvalue weighted by molar-refractivity contribution is 7.89. The van der Waals surface area contributed by atoms with Gasteiger partial charge >= 0.3 is 0 Å². The maximum Gasteiger partial charge on any atom is 0.279 e. The second-order valence-electron chi connectivity index (χ2n) is 6.41. The van der Waals surface area contributed by atoms with Crippen molar-refractivity contribution in [3.05, 3.63) is 54.6 Å². The highest BCUT2D eigenvalue weighted by Crippen LogP contribution is 2.17. The van der Waals surface area contributed by atoms with E-state index in [2.05, 4.69) is 5.32 Å². The molecule has 0 aliphatic rings. The molecule has 0 radical (unpaired) electrons. The predicted octanol–water partition coefficient (Wildman–Crippen LogP) is 0.469. The first-order valence-electron chi connectivity index (χ1n) is 8.60. The van der Waals surface area contributed by atoms with Crippen LogP contribution in [0, 0.1) is 0 Å². The molecule has 2 aromatic carbocycles. The molecular weight excluding hydrogens is 366 g/mol. The lowest BCUT2D eigenvalue weighted by Crippen LogP contribution is -3.10. The zero-order valence-electron chi connectivity index (χ0n) is 15.8. The summed E-state index contributed by atoms with van der Waals surface area (Å²) in [7, 11) is 1.30. The van der Waals surface area contributed by atoms with Gasteiger partial charge in [0.2, 0.25) is 10.0 Å². The molecule has 8 heteroatoms. The summed E-state index contributed by atoms with van der Waals surface area (Å²) in [5.41, 5.74) is 0.455. The number of sulfonamides is 1. The Morgan fingerprint density at radius 1 is 1.11 bits per heavy atom. The summed E-state index contributed by atoms with van der Waals surface area (Å²) in [5.74, 6) is 0.611. The van der Waals surface area contributed by atoms with Crippen LogP contribution in [-0.2, 0) is 14.8 Å². The highest BCUT2D eigenvalue weighted by Gasteiger charge is 2.18. The Labute approximate surface area is 160 Å². The molecule has 2 rings (SSSR count). The molecule has 27 heavy (non-hydrogen) atoms. The minimum absolute atomic E-state index is 0.141. The van der Waals surface area contributed by atoms with E-state index in [9.17, 15) is 13.2 Å². The van der Waals surface area contributed by atoms with E-state index >= 15 is 0 Å². The quantitative estimate of drug-likeness (QED) is 0.650. The SMILES string of the molecule is CN(C)S(=O)(=O)c1cccc(NC(=O)C[NH+](C)CCOc2ccccc2)c1. The van der Waals surface area contributed by atoms with Crippen molar-refractivity contribution in [2.75, 3.05) is 46.2 Å². The van der Waals surface area contributed by atoms with Gasteiger partial charge in [0.05, 0.1) is 11.9 Å². The first-order valence-corrected chi connectivity index (χ1v) is 10.0. The van der Waals surface area contributed by atoms with Gasteiger partial charge in [0.1, 0.15) is 18.9 Å². The van der Waals surface area contributed by atoms with Crippen LogP contribution in [0.5, 0.6) is 5.75 Å². The molecule has 0 fully saturated rings. The Balaban J connectivity index is 1.84. The number of nitrogens with one attached hydrogen (secondary N) is 2. The van der Waals surface area contributed by atoms with E-state index in [1.54, 1.807) is 12.1 Å². The van der Waals surface area contributed by atoms with E-state index in [4.69, 9.17) is 4.74 Å². The van der Waals surface area contributed by atoms with Gasteiger partial charge in [-0.3, -0.25) is 4.79 Å². The van der Waals surface area contributed by atoms with Crippen molar-refractivity contribution in [3.8, 4) is 5.75 Å². The fourth-order valence-electron chi connectivity index (χ4n) is 2.37. The number of quaternary nitrogens is 1. The zero-order valence-corrected chi connectivity index (χ0v) is 16.6. The molecule has 1 unspecified atom stereocenters. The van der Waals surface area contributed by atoms with E-state index in [1.165, 1.54) is 26.2 Å². The topological polar surface area (TPSA) is 80.2 Å². The molecule has 0 spiro atoms. The molecule has 7 nitrogen and oxygen atoms in total. The summed E-state index contributed by atoms with van der Waals surface area (Å²) < 4.78 is 31.1. The molecule has 0 bridgehead atoms. The van der Waals surface area contributed by atoms with Crippen LogP contribution in [0.2, 0.25) is 0 Å². The first kappa shape index (κ1) is 20.9. The number of ether oxygens (including phenoxy) is 1. The van der Waals surface area contributed by atoms with Gasteiger partial charge in [-0.25, -0.2) is 12.7 Å². The number of benzene rings is 2. The van der Waals surface area contributed by atoms with E-state index in [0.29, 0.717) is 18.8 Å². The van der Waals surface area contributed by atoms with Crippen LogP contribution < -0.4 is 15.0 Å². The lowest BCUT2D eigenvalue weighted by molar-refractivity contribution is -0.871. The van der Waals surface area contributed by atoms with Crippen LogP contribution in [0.3, 0.4) is 0 Å². The Morgan fingerprint density at radius 2 is 1.81 bits per heavy atom. The lowest BCUT2D eigenvalue weighted by atomic mass is 10.3. The van der Waals surface area contributed by atoms with Crippen LogP contribution in [0.1, 0.15) is 0 Å². The molecule has 2 N–H and O–H groups in total. The van der Waals surface area contributed by atoms with Crippen molar-refractivity contribution in [2.45, 2.75) is 4.90 Å². The number of rotatable bonds is 9. The van der Waals surface area contributed by atoms with Crippen molar-refractivity contribution < 1.29 is 22.8 Å². The average molecular weight is 393 g/mol. The van der Waals surface area contributed by atoms with Gasteiger partial charge in [0.15, 0.2) is 6.54 Å². The van der Waals surface area contributed by atoms with Gasteiger partial charge in [0.25, 0.3) is 5.91 Å². The number of anilines is 1. The first-order chi connectivity index (χ1) is 12.8. The summed E-state index contributed by atoms with van der Waals surface area (Å²) in [6.45, 7) is 1.42. The summed E-state index contributed by atoms with van der Waals surface area (Å²) in [4.78, 5) is 13.3. The molecule has 0 saturated heterocycles. The third-order valence-electron chi connectivity index (χ3n) is 3.90. The summed E-state index contributed by atoms with van der Waals surface area (Å²) in [6, 6.07) is 15.7. The second kappa shape index (κ2) is 9.50. The normalized spacial score (nSPS) is 12.6. The molecule has 0 heterocycles. The van der Waals surface area contributed by atoms with E-state index < -0.39 is 10.0 Å². The number of hydrogen-bond donors (Lipinski definition) is 2. The zero-order chi connectivity index (χ0) is 19.9. The number of amides is 1. The minimum atomic E-state index is -3.54. The fraction of sp³-hybridized carbons (Fsp3) is 0.316. The molecule has 0 saturated carbocycles. The van der Waals surface area contributed by atoms with Gasteiger partial charge in [0, 0.05) is 19.8 Å². The van der Waals surface area contributed by atoms with Crippen molar-refractivity contribution >= 4 is 21.6 Å². The van der Waals surface area contributed by atoms with Crippen molar-refractivity contribution in [3.63, 3.8) is 0 Å². The smallest absolute Gasteiger partial charge is 0.279 e. The van der Waals surface area contributed by atoms with E-state index in [0.717, 1.165) is 15.0 Å². The van der Waals surface area contributed by atoms with Gasteiger partial charge in [-0.1, -0.05) is 24.3 Å². The number of hydrogen-bond acceptors (Lipinski definition) is 4. The molecule has 2 aromatic rings. The number of para-hydroxylation sites is 1. The maximum atomic E-state index is 12.2. The number of likely N-dealkylation sites (N-methyl/N-ethyl adjacent to an activating group) is 1. The van der Waals surface area contributed by atoms with Gasteiger partial charge < -0.3 is 15.0 Å². The van der Waals surface area contributed by atoms with Crippen LogP contribution in [0.15, 0.2) is 59.5 Å². The van der Waals surface area contributed by atoms with Crippen molar-refractivity contribution in [2.24, 2.45) is 0 Å². The summed E-state index contributed by atoms with van der Waals surface area (Å²) in [6.07, 6.45) is 0. The Hall–Kier alpha value is -2.42. The lowest BCUT2D eigenvalue weighted by Gasteiger charge is -2.15. The fourth-order valence-corrected chi connectivity index (χ4v) is 3.32. The number of carbonyl (C=O) groups is 1. The number of carbonyl (C=O) groups excluding carboxylic acids is 1. The van der Waals surface area contributed by atoms with Crippen LogP contribution in [-0.4, -0.2) is 59.5 Å². The molecular formula is C19H26N3O4S+. The van der Waals surface area contributed by atoms with E-state index in [-0.39, 0.29) is 17.3 Å². The molecule has 0 aliphatic carbocycles. The third kappa shape index (κ3) is 6.35. The van der Waals surface area contributed by atoms with E-state index in [1.807, 2.05) is 37.4 Å². The van der Waals surface area contributed by atoms with Crippen molar-refractivity contribution in [1.29, 1.82) is 0 Å². The predicted molar refractivity (Wildman–Crippen MR) is 105 cm³/mol. The standard InChI is InChI=1S/C19H25N3O4S/c1-21(2)27(24,25)18-11-7-8-16(14-18)20-19(23)15-22(3)12-13-26-17-9-5-4-6-10-17/h4-11,14H,12-13,15H2,1-3H3,(H,20,23)/p+1.